The molecule has 0 amide bonds. The second kappa shape index (κ2) is 7.45. The van der Waals surface area contributed by atoms with E-state index in [1.807, 2.05) is 0 Å². The molecule has 0 saturated carbocycles. The number of anilines is 2. The fourth-order valence-corrected chi connectivity index (χ4v) is 2.37. The summed E-state index contributed by atoms with van der Waals surface area (Å²) in [6.45, 7) is 0. The molecule has 0 atom stereocenters. The molecule has 0 aliphatic carbocycles. The number of nitrogens with one attached hydrogen (secondary N) is 1. The summed E-state index contributed by atoms with van der Waals surface area (Å²) in [6, 6.07) is 6.86. The van der Waals surface area contributed by atoms with Gasteiger partial charge in [0, 0.05) is 17.8 Å². The lowest BCUT2D eigenvalue weighted by Gasteiger charge is -2.10. The molecule has 3 aromatic rings. The van der Waals surface area contributed by atoms with Crippen LogP contribution < -0.4 is 10.1 Å². The SMILES string of the molecule is COc1cc2ncnc(Nc3ccc(F)c(Cl)c3)c2cc1[N+](=O)[O-].Cl. The molecule has 0 radical (unpaired) electrons. The van der Waals surface area contributed by atoms with Gasteiger partial charge in [0.1, 0.15) is 18.0 Å². The summed E-state index contributed by atoms with van der Waals surface area (Å²) in [5.41, 5.74) is 0.739. The molecule has 2 aromatic carbocycles. The highest BCUT2D eigenvalue weighted by molar-refractivity contribution is 6.31. The fraction of sp³-hybridized carbons (Fsp3) is 0.0667. The van der Waals surface area contributed by atoms with Crippen molar-refractivity contribution in [3.05, 3.63) is 57.6 Å². The van der Waals surface area contributed by atoms with E-state index in [9.17, 15) is 14.5 Å². The molecule has 0 saturated heterocycles. The number of fused-ring (bicyclic) bond motifs is 1. The molecule has 0 aliphatic rings. The maximum atomic E-state index is 13.2. The molecule has 0 unspecified atom stereocenters. The van der Waals surface area contributed by atoms with Crippen LogP contribution in [-0.2, 0) is 0 Å². The molecule has 0 spiro atoms. The number of rotatable bonds is 4. The Bertz CT molecular complexity index is 955. The van der Waals surface area contributed by atoms with Crippen molar-refractivity contribution < 1.29 is 14.1 Å². The van der Waals surface area contributed by atoms with E-state index in [2.05, 4.69) is 15.3 Å². The molecule has 10 heteroatoms. The number of aromatic nitrogens is 2. The zero-order valence-corrected chi connectivity index (χ0v) is 14.3. The van der Waals surface area contributed by atoms with Gasteiger partial charge in [0.2, 0.25) is 0 Å². The Hall–Kier alpha value is -2.71. The van der Waals surface area contributed by atoms with Crippen LogP contribution >= 0.6 is 24.0 Å². The van der Waals surface area contributed by atoms with Crippen LogP contribution in [0, 0.1) is 15.9 Å². The molecule has 7 nitrogen and oxygen atoms in total. The highest BCUT2D eigenvalue weighted by Crippen LogP contribution is 2.34. The van der Waals surface area contributed by atoms with E-state index in [4.69, 9.17) is 16.3 Å². The predicted octanol–water partition coefficient (Wildman–Crippen LogP) is 4.50. The Morgan fingerprint density at radius 1 is 1.28 bits per heavy atom. The van der Waals surface area contributed by atoms with E-state index >= 15 is 0 Å². The third kappa shape index (κ3) is 3.70. The molecule has 0 bridgehead atoms. The van der Waals surface area contributed by atoms with Gasteiger partial charge in [-0.15, -0.1) is 12.4 Å². The van der Waals surface area contributed by atoms with Gasteiger partial charge in [0.05, 0.1) is 28.0 Å². The molecule has 3 rings (SSSR count). The van der Waals surface area contributed by atoms with Crippen LogP contribution in [0.25, 0.3) is 10.9 Å². The standard InChI is InChI=1S/C15H10ClFN4O3.ClH/c1-24-14-6-12-9(5-13(14)21(22)23)15(19-7-18-12)20-8-2-3-11(17)10(16)4-8;/h2-7H,1H3,(H,18,19,20);1H. The van der Waals surface area contributed by atoms with E-state index in [1.54, 1.807) is 0 Å². The number of ether oxygens (including phenoxy) is 1. The number of hydrogen-bond donors (Lipinski definition) is 1. The van der Waals surface area contributed by atoms with Crippen LogP contribution in [-0.4, -0.2) is 22.0 Å². The highest BCUT2D eigenvalue weighted by Gasteiger charge is 2.18. The number of benzene rings is 2. The third-order valence-electron chi connectivity index (χ3n) is 3.31. The second-order valence-electron chi connectivity index (χ2n) is 4.77. The first-order chi connectivity index (χ1) is 11.5. The van der Waals surface area contributed by atoms with E-state index < -0.39 is 10.7 Å². The van der Waals surface area contributed by atoms with Crippen LogP contribution in [0.3, 0.4) is 0 Å². The molecular formula is C15H11Cl2FN4O3. The number of nitro benzene ring substituents is 1. The Labute approximate surface area is 152 Å². The lowest BCUT2D eigenvalue weighted by atomic mass is 10.2. The molecule has 1 heterocycles. The highest BCUT2D eigenvalue weighted by atomic mass is 35.5. The van der Waals surface area contributed by atoms with Crippen molar-refractivity contribution in [1.29, 1.82) is 0 Å². The molecule has 25 heavy (non-hydrogen) atoms. The third-order valence-corrected chi connectivity index (χ3v) is 3.60. The first-order valence-electron chi connectivity index (χ1n) is 6.69. The summed E-state index contributed by atoms with van der Waals surface area (Å²) in [5.74, 6) is -0.120. The Morgan fingerprint density at radius 3 is 2.68 bits per heavy atom. The lowest BCUT2D eigenvalue weighted by molar-refractivity contribution is -0.385. The van der Waals surface area contributed by atoms with Crippen molar-refractivity contribution in [2.24, 2.45) is 0 Å². The van der Waals surface area contributed by atoms with Gasteiger partial charge in [0.25, 0.3) is 0 Å². The summed E-state index contributed by atoms with van der Waals surface area (Å²) in [5, 5.41) is 14.5. The van der Waals surface area contributed by atoms with Crippen molar-refractivity contribution in [1.82, 2.24) is 9.97 Å². The second-order valence-corrected chi connectivity index (χ2v) is 5.18. The number of nitrogens with zero attached hydrogens (tertiary/aromatic N) is 3. The first-order valence-corrected chi connectivity index (χ1v) is 7.06. The van der Waals surface area contributed by atoms with Crippen molar-refractivity contribution in [2.75, 3.05) is 12.4 Å². The van der Waals surface area contributed by atoms with Gasteiger partial charge >= 0.3 is 5.69 Å². The van der Waals surface area contributed by atoms with Crippen LogP contribution in [0.4, 0.5) is 21.6 Å². The maximum absolute atomic E-state index is 13.2. The number of methoxy groups -OCH3 is 1. The van der Waals surface area contributed by atoms with Gasteiger partial charge < -0.3 is 10.1 Å². The van der Waals surface area contributed by atoms with Gasteiger partial charge in [0.15, 0.2) is 5.75 Å². The van der Waals surface area contributed by atoms with Gasteiger partial charge in [-0.1, -0.05) is 11.6 Å². The molecule has 1 aromatic heterocycles. The van der Waals surface area contributed by atoms with Crippen LogP contribution in [0.1, 0.15) is 0 Å². The average molecular weight is 385 g/mol. The van der Waals surface area contributed by atoms with E-state index in [0.717, 1.165) is 0 Å². The van der Waals surface area contributed by atoms with Crippen molar-refractivity contribution in [3.8, 4) is 5.75 Å². The number of halogens is 3. The topological polar surface area (TPSA) is 90.2 Å². The van der Waals surface area contributed by atoms with E-state index in [-0.39, 0.29) is 28.9 Å². The number of nitro groups is 1. The average Bonchev–Trinajstić information content (AvgIpc) is 2.57. The smallest absolute Gasteiger partial charge is 0.311 e. The summed E-state index contributed by atoms with van der Waals surface area (Å²) < 4.78 is 18.3. The lowest BCUT2D eigenvalue weighted by Crippen LogP contribution is -1.99. The van der Waals surface area contributed by atoms with E-state index in [0.29, 0.717) is 22.4 Å². The van der Waals surface area contributed by atoms with Crippen LogP contribution in [0.15, 0.2) is 36.7 Å². The van der Waals surface area contributed by atoms with Gasteiger partial charge in [-0.05, 0) is 18.2 Å². The minimum absolute atomic E-state index is 0. The fourth-order valence-electron chi connectivity index (χ4n) is 2.19. The predicted molar refractivity (Wildman–Crippen MR) is 94.7 cm³/mol. The first kappa shape index (κ1) is 18.6. The van der Waals surface area contributed by atoms with Crippen molar-refractivity contribution in [3.63, 3.8) is 0 Å². The Morgan fingerprint density at radius 2 is 2.04 bits per heavy atom. The molecular weight excluding hydrogens is 374 g/mol. The molecule has 0 fully saturated rings. The summed E-state index contributed by atoms with van der Waals surface area (Å²) in [7, 11) is 1.34. The minimum Gasteiger partial charge on any atom is -0.490 e. The largest absolute Gasteiger partial charge is 0.490 e. The van der Waals surface area contributed by atoms with Gasteiger partial charge in [-0.3, -0.25) is 10.1 Å². The molecule has 0 aliphatic heterocycles. The summed E-state index contributed by atoms with van der Waals surface area (Å²) in [6.07, 6.45) is 1.31. The Balaban J connectivity index is 0.00000225. The zero-order chi connectivity index (χ0) is 17.3. The van der Waals surface area contributed by atoms with E-state index in [1.165, 1.54) is 43.8 Å². The molecule has 130 valence electrons. The zero-order valence-electron chi connectivity index (χ0n) is 12.7. The maximum Gasteiger partial charge on any atom is 0.311 e. The normalized spacial score (nSPS) is 10.2. The van der Waals surface area contributed by atoms with Crippen LogP contribution in [0.5, 0.6) is 5.75 Å². The minimum atomic E-state index is -0.552. The van der Waals surface area contributed by atoms with Gasteiger partial charge in [-0.2, -0.15) is 0 Å². The van der Waals surface area contributed by atoms with Crippen molar-refractivity contribution in [2.45, 2.75) is 0 Å². The Kier molecular flexibility index (Phi) is 5.55. The summed E-state index contributed by atoms with van der Waals surface area (Å²) in [4.78, 5) is 18.8. The summed E-state index contributed by atoms with van der Waals surface area (Å²) >= 11 is 5.75. The van der Waals surface area contributed by atoms with Crippen molar-refractivity contribution >= 4 is 52.1 Å². The van der Waals surface area contributed by atoms with Gasteiger partial charge in [-0.25, -0.2) is 14.4 Å². The van der Waals surface area contributed by atoms with Crippen LogP contribution in [0.2, 0.25) is 5.02 Å². The quantitative estimate of drug-likeness (QED) is 0.525. The number of hydrogen-bond acceptors (Lipinski definition) is 6. The molecule has 1 N–H and O–H groups in total. The monoisotopic (exact) mass is 384 g/mol.